The second-order valence-electron chi connectivity index (χ2n) is 5.37. The third-order valence-electron chi connectivity index (χ3n) is 4.67. The number of hydrogen-bond donors (Lipinski definition) is 1. The van der Waals surface area contributed by atoms with Crippen LogP contribution in [0.5, 0.6) is 0 Å². The number of rotatable bonds is 2. The van der Waals surface area contributed by atoms with Gasteiger partial charge in [-0.15, -0.1) is 0 Å². The fourth-order valence-corrected chi connectivity index (χ4v) is 3.18. The molecule has 3 heteroatoms. The minimum absolute atomic E-state index is 0.420. The largest absolute Gasteiger partial charge is 0.388 e. The topological polar surface area (TPSA) is 47.3 Å². The van der Waals surface area contributed by atoms with Crippen molar-refractivity contribution in [3.05, 3.63) is 0 Å². The molecule has 0 spiro atoms. The van der Waals surface area contributed by atoms with Gasteiger partial charge < -0.3 is 10.0 Å². The first-order valence-corrected chi connectivity index (χ1v) is 6.52. The molecule has 90 valence electrons. The van der Waals surface area contributed by atoms with Crippen molar-refractivity contribution in [3.63, 3.8) is 0 Å². The summed E-state index contributed by atoms with van der Waals surface area (Å²) in [4.78, 5) is 2.38. The highest BCUT2D eigenvalue weighted by Crippen LogP contribution is 2.52. The summed E-state index contributed by atoms with van der Waals surface area (Å²) in [7, 11) is 0. The predicted octanol–water partition coefficient (Wildman–Crippen LogP) is 1.92. The summed E-state index contributed by atoms with van der Waals surface area (Å²) in [6.07, 6.45) is 5.49. The molecule has 0 bridgehead atoms. The van der Waals surface area contributed by atoms with Crippen LogP contribution in [0.3, 0.4) is 0 Å². The van der Waals surface area contributed by atoms with Crippen LogP contribution in [-0.2, 0) is 0 Å². The quantitative estimate of drug-likeness (QED) is 0.776. The van der Waals surface area contributed by atoms with E-state index in [0.717, 1.165) is 58.2 Å². The molecule has 0 aromatic carbocycles. The molecule has 1 saturated heterocycles. The van der Waals surface area contributed by atoms with E-state index in [-0.39, 0.29) is 0 Å². The highest BCUT2D eigenvalue weighted by Gasteiger charge is 2.54. The van der Waals surface area contributed by atoms with Crippen molar-refractivity contribution in [1.82, 2.24) is 4.90 Å². The number of nitriles is 1. The van der Waals surface area contributed by atoms with Crippen LogP contribution >= 0.6 is 0 Å². The van der Waals surface area contributed by atoms with Crippen LogP contribution in [0, 0.1) is 16.7 Å². The van der Waals surface area contributed by atoms with E-state index in [1.807, 2.05) is 0 Å². The maximum Gasteiger partial charge on any atom is 0.0860 e. The van der Waals surface area contributed by atoms with Crippen LogP contribution in [0.15, 0.2) is 0 Å². The average molecular weight is 222 g/mol. The molecule has 1 aliphatic carbocycles. The van der Waals surface area contributed by atoms with E-state index in [1.54, 1.807) is 0 Å². The zero-order valence-corrected chi connectivity index (χ0v) is 10.2. The Morgan fingerprint density at radius 1 is 1.19 bits per heavy atom. The van der Waals surface area contributed by atoms with Crippen molar-refractivity contribution in [2.24, 2.45) is 5.41 Å². The van der Waals surface area contributed by atoms with Crippen LogP contribution in [0.4, 0.5) is 0 Å². The summed E-state index contributed by atoms with van der Waals surface area (Å²) < 4.78 is 0. The molecule has 1 heterocycles. The third-order valence-corrected chi connectivity index (χ3v) is 4.67. The summed E-state index contributed by atoms with van der Waals surface area (Å²) in [5.41, 5.74) is -1.14. The van der Waals surface area contributed by atoms with Crippen LogP contribution in [0.2, 0.25) is 0 Å². The lowest BCUT2D eigenvalue weighted by Crippen LogP contribution is -2.52. The van der Waals surface area contributed by atoms with Gasteiger partial charge in [0, 0.05) is 6.54 Å². The van der Waals surface area contributed by atoms with E-state index in [1.165, 1.54) is 0 Å². The highest BCUT2D eigenvalue weighted by atomic mass is 16.3. The molecule has 1 atom stereocenters. The lowest BCUT2D eigenvalue weighted by atomic mass is 9.57. The summed E-state index contributed by atoms with van der Waals surface area (Å²) >= 11 is 0. The van der Waals surface area contributed by atoms with E-state index in [2.05, 4.69) is 17.9 Å². The predicted molar refractivity (Wildman–Crippen MR) is 62.8 cm³/mol. The van der Waals surface area contributed by atoms with Crippen molar-refractivity contribution in [1.29, 1.82) is 5.26 Å². The van der Waals surface area contributed by atoms with E-state index in [0.29, 0.717) is 0 Å². The molecule has 0 amide bonds. The van der Waals surface area contributed by atoms with Gasteiger partial charge in [0.25, 0.3) is 0 Å². The zero-order valence-electron chi connectivity index (χ0n) is 10.2. The Morgan fingerprint density at radius 2 is 1.94 bits per heavy atom. The number of likely N-dealkylation sites (tertiary alicyclic amines) is 1. The third kappa shape index (κ3) is 1.74. The van der Waals surface area contributed by atoms with E-state index in [4.69, 9.17) is 0 Å². The minimum Gasteiger partial charge on any atom is -0.388 e. The molecule has 0 aromatic rings. The molecule has 2 fully saturated rings. The smallest absolute Gasteiger partial charge is 0.0860 e. The standard InChI is InChI=1S/C13H22N2O/c1-2-15-9-4-7-13(16,8-10-15)12(11-14)5-3-6-12/h16H,2-10H2,1H3. The second kappa shape index (κ2) is 4.35. The molecule has 1 unspecified atom stereocenters. The van der Waals surface area contributed by atoms with Crippen molar-refractivity contribution < 1.29 is 5.11 Å². The first kappa shape index (κ1) is 11.9. The average Bonchev–Trinajstić information content (AvgIpc) is 2.40. The first-order valence-electron chi connectivity index (χ1n) is 6.52. The van der Waals surface area contributed by atoms with Gasteiger partial charge in [-0.25, -0.2) is 0 Å². The molecule has 2 aliphatic rings. The van der Waals surface area contributed by atoms with Gasteiger partial charge in [0.15, 0.2) is 0 Å². The van der Waals surface area contributed by atoms with E-state index >= 15 is 0 Å². The van der Waals surface area contributed by atoms with Crippen LogP contribution in [0.25, 0.3) is 0 Å². The fraction of sp³-hybridized carbons (Fsp3) is 0.923. The molecule has 1 saturated carbocycles. The molecular weight excluding hydrogens is 200 g/mol. The van der Waals surface area contributed by atoms with Gasteiger partial charge in [0.05, 0.1) is 17.1 Å². The summed E-state index contributed by atoms with van der Waals surface area (Å²) in [5, 5.41) is 20.1. The van der Waals surface area contributed by atoms with Crippen molar-refractivity contribution in [2.45, 2.75) is 51.0 Å². The Labute approximate surface area is 98.1 Å². The molecule has 1 N–H and O–H groups in total. The minimum atomic E-state index is -0.718. The van der Waals surface area contributed by atoms with Crippen LogP contribution in [0.1, 0.15) is 45.4 Å². The maximum absolute atomic E-state index is 10.8. The van der Waals surface area contributed by atoms with Gasteiger partial charge in [-0.1, -0.05) is 13.3 Å². The number of aliphatic hydroxyl groups is 1. The number of hydrogen-bond acceptors (Lipinski definition) is 3. The van der Waals surface area contributed by atoms with Gasteiger partial charge in [0.2, 0.25) is 0 Å². The monoisotopic (exact) mass is 222 g/mol. The molecule has 0 radical (unpaired) electrons. The van der Waals surface area contributed by atoms with Crippen molar-refractivity contribution >= 4 is 0 Å². The first-order chi connectivity index (χ1) is 7.66. The van der Waals surface area contributed by atoms with Gasteiger partial charge in [-0.05, 0) is 45.2 Å². The Bertz CT molecular complexity index is 293. The summed E-state index contributed by atoms with van der Waals surface area (Å²) in [6.45, 7) is 5.22. The molecular formula is C13H22N2O. The van der Waals surface area contributed by atoms with Gasteiger partial charge in [-0.3, -0.25) is 0 Å². The number of nitrogens with zero attached hydrogens (tertiary/aromatic N) is 2. The Kier molecular flexibility index (Phi) is 3.23. The normalized spacial score (nSPS) is 34.8. The molecule has 2 rings (SSSR count). The van der Waals surface area contributed by atoms with Crippen molar-refractivity contribution in [3.8, 4) is 6.07 Å². The van der Waals surface area contributed by atoms with Gasteiger partial charge in [0.1, 0.15) is 0 Å². The molecule has 1 aliphatic heterocycles. The SMILES string of the molecule is CCN1CCCC(O)(C2(C#N)CCC2)CC1. The molecule has 3 nitrogen and oxygen atoms in total. The molecule has 0 aromatic heterocycles. The summed E-state index contributed by atoms with van der Waals surface area (Å²) in [6, 6.07) is 2.42. The lowest BCUT2D eigenvalue weighted by molar-refractivity contribution is -0.103. The fourth-order valence-electron chi connectivity index (χ4n) is 3.18. The van der Waals surface area contributed by atoms with Gasteiger partial charge >= 0.3 is 0 Å². The van der Waals surface area contributed by atoms with E-state index in [9.17, 15) is 10.4 Å². The Hall–Kier alpha value is -0.590. The highest BCUT2D eigenvalue weighted by molar-refractivity contribution is 5.16. The van der Waals surface area contributed by atoms with Crippen molar-refractivity contribution in [2.75, 3.05) is 19.6 Å². The van der Waals surface area contributed by atoms with Crippen LogP contribution in [-0.4, -0.2) is 35.2 Å². The van der Waals surface area contributed by atoms with Crippen LogP contribution < -0.4 is 0 Å². The van der Waals surface area contributed by atoms with E-state index < -0.39 is 11.0 Å². The van der Waals surface area contributed by atoms with Gasteiger partial charge in [-0.2, -0.15) is 5.26 Å². The maximum atomic E-state index is 10.8. The Morgan fingerprint density at radius 3 is 2.44 bits per heavy atom. The Balaban J connectivity index is 2.10. The lowest BCUT2D eigenvalue weighted by Gasteiger charge is -2.48. The summed E-state index contributed by atoms with van der Waals surface area (Å²) in [5.74, 6) is 0. The zero-order chi connectivity index (χ0) is 11.6. The molecule has 16 heavy (non-hydrogen) atoms. The second-order valence-corrected chi connectivity index (χ2v) is 5.37.